The lowest BCUT2D eigenvalue weighted by Gasteiger charge is -1.90. The smallest absolute Gasteiger partial charge is 0.0702 e. The van der Waals surface area contributed by atoms with Gasteiger partial charge in [0.05, 0.1) is 13.2 Å². The number of benzene rings is 1. The van der Waals surface area contributed by atoms with Crippen molar-refractivity contribution in [2.75, 3.05) is 13.2 Å². The van der Waals surface area contributed by atoms with E-state index in [0.29, 0.717) is 6.54 Å². The first-order valence-electron chi connectivity index (χ1n) is 4.80. The summed E-state index contributed by atoms with van der Waals surface area (Å²) in [5, 5.41) is 17.8. The Bertz CT molecular complexity index is 399. The molecule has 0 spiro atoms. The van der Waals surface area contributed by atoms with Gasteiger partial charge in [-0.25, -0.2) is 0 Å². The van der Waals surface area contributed by atoms with E-state index in [-0.39, 0.29) is 18.7 Å². The highest BCUT2D eigenvalue weighted by molar-refractivity contribution is 5.82. The Morgan fingerprint density at radius 1 is 1.19 bits per heavy atom. The van der Waals surface area contributed by atoms with Crippen LogP contribution in [0.15, 0.2) is 30.5 Å². The van der Waals surface area contributed by atoms with Crippen molar-refractivity contribution in [1.29, 1.82) is 0 Å². The molecule has 5 nitrogen and oxygen atoms in total. The largest absolute Gasteiger partial charge is 0.412 e. The minimum atomic E-state index is 0. The average Bonchev–Trinajstić information content (AvgIpc) is 2.72. The molecule has 5 heteroatoms. The maximum atomic E-state index is 8.90. The van der Waals surface area contributed by atoms with E-state index in [4.69, 9.17) is 15.9 Å². The first kappa shape index (κ1) is 14.6. The number of nitrogens with two attached hydrogens (primary N) is 1. The monoisotopic (exact) mass is 226 g/mol. The van der Waals surface area contributed by atoms with Gasteiger partial charge in [-0.15, -0.1) is 0 Å². The fourth-order valence-corrected chi connectivity index (χ4v) is 1.26. The summed E-state index contributed by atoms with van der Waals surface area (Å²) in [6.45, 7) is 0.573. The number of H-pyrrole nitrogens is 1. The van der Waals surface area contributed by atoms with Crippen LogP contribution in [0.3, 0.4) is 0 Å². The lowest BCUT2D eigenvalue weighted by Crippen LogP contribution is -2.02. The summed E-state index contributed by atoms with van der Waals surface area (Å²) in [5.74, 6) is 0. The third-order valence-electron chi connectivity index (χ3n) is 1.97. The molecule has 0 fully saturated rings. The Kier molecular flexibility index (Phi) is 7.15. The number of para-hydroxylation sites is 1. The van der Waals surface area contributed by atoms with Crippen molar-refractivity contribution < 1.29 is 15.7 Å². The van der Waals surface area contributed by atoms with Crippen LogP contribution in [0.5, 0.6) is 0 Å². The lowest BCUT2D eigenvalue weighted by molar-refractivity contribution is 0.283. The van der Waals surface area contributed by atoms with Crippen molar-refractivity contribution in [3.8, 4) is 0 Å². The average molecular weight is 226 g/mol. The quantitative estimate of drug-likeness (QED) is 0.567. The molecule has 0 aliphatic carbocycles. The summed E-state index contributed by atoms with van der Waals surface area (Å²) >= 11 is 0. The predicted molar refractivity (Wildman–Crippen MR) is 64.0 cm³/mol. The zero-order valence-corrected chi connectivity index (χ0v) is 8.98. The molecule has 0 aliphatic heterocycles. The van der Waals surface area contributed by atoms with Crippen molar-refractivity contribution in [2.24, 2.45) is 5.73 Å². The van der Waals surface area contributed by atoms with Crippen LogP contribution in [-0.2, 0) is 6.61 Å². The molecule has 1 aromatic carbocycles. The number of hydrogen-bond donors (Lipinski definition) is 4. The Morgan fingerprint density at radius 2 is 1.81 bits per heavy atom. The number of aliphatic hydroxyl groups excluding tert-OH is 2. The number of aliphatic hydroxyl groups is 2. The highest BCUT2D eigenvalue weighted by atomic mass is 16.3. The molecule has 16 heavy (non-hydrogen) atoms. The molecular formula is C11H18N2O3. The van der Waals surface area contributed by atoms with Gasteiger partial charge in [-0.2, -0.15) is 0 Å². The first-order chi connectivity index (χ1) is 7.33. The van der Waals surface area contributed by atoms with E-state index in [2.05, 4.69) is 4.98 Å². The molecule has 1 aromatic heterocycles. The molecule has 2 aromatic rings. The van der Waals surface area contributed by atoms with Gasteiger partial charge < -0.3 is 26.4 Å². The molecule has 90 valence electrons. The Labute approximate surface area is 93.8 Å². The standard InChI is InChI=1S/C9H9NO.C2H7NO.H2O/c11-6-7-5-10-9-4-2-1-3-8(7)9;3-1-2-4;/h1-5,10-11H,6H2;4H,1-3H2;1H2. The van der Waals surface area contributed by atoms with E-state index in [0.717, 1.165) is 16.5 Å². The van der Waals surface area contributed by atoms with E-state index in [9.17, 15) is 0 Å². The maximum absolute atomic E-state index is 8.90. The fraction of sp³-hybridized carbons (Fsp3) is 0.273. The van der Waals surface area contributed by atoms with Gasteiger partial charge in [-0.3, -0.25) is 0 Å². The summed E-state index contributed by atoms with van der Waals surface area (Å²) in [7, 11) is 0. The number of nitrogens with one attached hydrogen (secondary N) is 1. The van der Waals surface area contributed by atoms with Gasteiger partial charge in [0.1, 0.15) is 0 Å². The normalized spacial score (nSPS) is 9.19. The highest BCUT2D eigenvalue weighted by Gasteiger charge is 1.98. The topological polar surface area (TPSA) is 114 Å². The number of aromatic nitrogens is 1. The van der Waals surface area contributed by atoms with Crippen LogP contribution in [0.25, 0.3) is 10.9 Å². The minimum absolute atomic E-state index is 0. The zero-order valence-electron chi connectivity index (χ0n) is 8.98. The van der Waals surface area contributed by atoms with Gasteiger partial charge in [0.15, 0.2) is 0 Å². The summed E-state index contributed by atoms with van der Waals surface area (Å²) < 4.78 is 0. The van der Waals surface area contributed by atoms with Crippen molar-refractivity contribution in [3.63, 3.8) is 0 Å². The Hall–Kier alpha value is -1.40. The van der Waals surface area contributed by atoms with E-state index < -0.39 is 0 Å². The molecule has 0 amide bonds. The third-order valence-corrected chi connectivity index (χ3v) is 1.97. The fourth-order valence-electron chi connectivity index (χ4n) is 1.26. The summed E-state index contributed by atoms with van der Waals surface area (Å²) in [6.07, 6.45) is 1.84. The molecule has 0 saturated heterocycles. The summed E-state index contributed by atoms with van der Waals surface area (Å²) in [6, 6.07) is 7.93. The van der Waals surface area contributed by atoms with Crippen LogP contribution < -0.4 is 5.73 Å². The van der Waals surface area contributed by atoms with E-state index in [1.807, 2.05) is 30.5 Å². The Balaban J connectivity index is 0.000000397. The zero-order chi connectivity index (χ0) is 11.1. The van der Waals surface area contributed by atoms with Crippen LogP contribution >= 0.6 is 0 Å². The molecule has 0 bridgehead atoms. The van der Waals surface area contributed by atoms with Gasteiger partial charge in [0.25, 0.3) is 0 Å². The summed E-state index contributed by atoms with van der Waals surface area (Å²) in [4.78, 5) is 3.08. The molecule has 7 N–H and O–H groups in total. The van der Waals surface area contributed by atoms with E-state index in [1.54, 1.807) is 0 Å². The van der Waals surface area contributed by atoms with Crippen molar-refractivity contribution in [2.45, 2.75) is 6.61 Å². The van der Waals surface area contributed by atoms with Crippen molar-refractivity contribution >= 4 is 10.9 Å². The predicted octanol–water partition coefficient (Wildman–Crippen LogP) is -0.227. The van der Waals surface area contributed by atoms with Gasteiger partial charge in [-0.1, -0.05) is 18.2 Å². The summed E-state index contributed by atoms with van der Waals surface area (Å²) in [5.41, 5.74) is 6.82. The second kappa shape index (κ2) is 7.84. The SMILES string of the molecule is NCCO.O.OCc1c[nH]c2ccccc12. The number of rotatable bonds is 2. The van der Waals surface area contributed by atoms with Crippen LogP contribution in [0, 0.1) is 0 Å². The molecule has 0 saturated carbocycles. The molecule has 0 aliphatic rings. The minimum Gasteiger partial charge on any atom is -0.412 e. The van der Waals surface area contributed by atoms with Crippen LogP contribution in [0.1, 0.15) is 5.56 Å². The molecular weight excluding hydrogens is 208 g/mol. The molecule has 0 unspecified atom stereocenters. The molecule has 0 atom stereocenters. The Morgan fingerprint density at radius 3 is 2.38 bits per heavy atom. The maximum Gasteiger partial charge on any atom is 0.0702 e. The molecule has 1 heterocycles. The molecule has 0 radical (unpaired) electrons. The number of fused-ring (bicyclic) bond motifs is 1. The van der Waals surface area contributed by atoms with Crippen molar-refractivity contribution in [3.05, 3.63) is 36.0 Å². The second-order valence-electron chi connectivity index (χ2n) is 3.03. The lowest BCUT2D eigenvalue weighted by atomic mass is 10.2. The van der Waals surface area contributed by atoms with Gasteiger partial charge >= 0.3 is 0 Å². The van der Waals surface area contributed by atoms with E-state index >= 15 is 0 Å². The second-order valence-corrected chi connectivity index (χ2v) is 3.03. The first-order valence-corrected chi connectivity index (χ1v) is 4.80. The third kappa shape index (κ3) is 3.63. The van der Waals surface area contributed by atoms with Gasteiger partial charge in [-0.05, 0) is 6.07 Å². The van der Waals surface area contributed by atoms with Crippen LogP contribution in [0.4, 0.5) is 0 Å². The van der Waals surface area contributed by atoms with Gasteiger partial charge in [0.2, 0.25) is 0 Å². The highest BCUT2D eigenvalue weighted by Crippen LogP contribution is 2.16. The van der Waals surface area contributed by atoms with Crippen molar-refractivity contribution in [1.82, 2.24) is 4.98 Å². The molecule has 2 rings (SSSR count). The number of hydrogen-bond acceptors (Lipinski definition) is 3. The van der Waals surface area contributed by atoms with Crippen LogP contribution in [-0.4, -0.2) is 33.8 Å². The van der Waals surface area contributed by atoms with E-state index in [1.165, 1.54) is 0 Å². The van der Waals surface area contributed by atoms with Gasteiger partial charge in [0, 0.05) is 29.2 Å². The van der Waals surface area contributed by atoms with Crippen LogP contribution in [0.2, 0.25) is 0 Å². The number of aromatic amines is 1.